The molecule has 16 N–H and O–H groups in total. The summed E-state index contributed by atoms with van der Waals surface area (Å²) in [7, 11) is 0. The van der Waals surface area contributed by atoms with Gasteiger partial charge in [-0.15, -0.1) is 0 Å². The molecule has 0 aromatic carbocycles. The van der Waals surface area contributed by atoms with E-state index in [0.717, 1.165) is 6.42 Å². The van der Waals surface area contributed by atoms with Crippen LogP contribution in [0, 0.1) is 0 Å². The normalized spacial score (nSPS) is 40.5. The summed E-state index contributed by atoms with van der Waals surface area (Å²) >= 11 is 0. The fourth-order valence-electron chi connectivity index (χ4n) is 6.35. The number of fused-ring (bicyclic) bond motifs is 1. The molecule has 0 spiro atoms. The number of anilines is 1. The topological polar surface area (TPSA) is 341 Å². The molecule has 3 fully saturated rings. The van der Waals surface area contributed by atoms with E-state index in [1.165, 1.54) is 17.2 Å². The molecule has 20 nitrogen and oxygen atoms in total. The number of unbranched alkanes of at least 4 members (excludes halogenated alkanes) is 3. The third-order valence-corrected chi connectivity index (χ3v) is 9.27. The van der Waals surface area contributed by atoms with Crippen LogP contribution in [0.15, 0.2) is 12.7 Å². The van der Waals surface area contributed by atoms with Gasteiger partial charge in [-0.1, -0.05) is 12.8 Å². The summed E-state index contributed by atoms with van der Waals surface area (Å²) in [6.07, 6.45) is -6.61. The first-order valence-corrected chi connectivity index (χ1v) is 16.1. The van der Waals surface area contributed by atoms with Crippen molar-refractivity contribution < 1.29 is 54.3 Å². The summed E-state index contributed by atoms with van der Waals surface area (Å²) in [6.45, 7) is 0.251. The average Bonchev–Trinajstić information content (AvgIpc) is 3.62. The molecule has 272 valence electrons. The number of nitrogen functional groups attached to an aromatic ring is 1. The van der Waals surface area contributed by atoms with Crippen LogP contribution in [0.2, 0.25) is 0 Å². The molecule has 0 unspecified atom stereocenters. The van der Waals surface area contributed by atoms with E-state index in [1.807, 2.05) is 0 Å². The molecule has 48 heavy (non-hydrogen) atoms. The Balaban J connectivity index is 1.03. The minimum absolute atomic E-state index is 0.0339. The van der Waals surface area contributed by atoms with E-state index in [4.69, 9.17) is 52.4 Å². The SMILES string of the molecule is NC[C@H]1O[C@H](O[C@@H]2[C@@H](O)[C@H](O)[C@@H](N)C[C@H]2N)[C@H](N)[C@](O)(OCCCCCCOC[C@H]2O[C@@H](n3cnc4c(N)ncnc43)[C@H](O)[C@@H]2O)[C@@H]1O. The molecule has 1 saturated carbocycles. The summed E-state index contributed by atoms with van der Waals surface area (Å²) in [6, 6.07) is -2.92. The molecular weight excluding hydrogens is 638 g/mol. The van der Waals surface area contributed by atoms with Crippen molar-refractivity contribution in [3.05, 3.63) is 12.7 Å². The quantitative estimate of drug-likeness (QED) is 0.0653. The highest BCUT2D eigenvalue weighted by atomic mass is 16.7. The number of ether oxygens (including phenoxy) is 5. The van der Waals surface area contributed by atoms with Gasteiger partial charge in [-0.25, -0.2) is 15.0 Å². The maximum absolute atomic E-state index is 11.3. The van der Waals surface area contributed by atoms with Gasteiger partial charge >= 0.3 is 0 Å². The lowest BCUT2D eigenvalue weighted by atomic mass is 9.84. The second-order valence-corrected chi connectivity index (χ2v) is 12.6. The lowest BCUT2D eigenvalue weighted by Crippen LogP contribution is -2.73. The number of hydrogen-bond donors (Lipinski definition) is 11. The molecule has 3 aliphatic rings. The van der Waals surface area contributed by atoms with Crippen LogP contribution >= 0.6 is 0 Å². The van der Waals surface area contributed by atoms with Crippen LogP contribution in [0.4, 0.5) is 5.82 Å². The summed E-state index contributed by atoms with van der Waals surface area (Å²) in [5.74, 6) is -2.10. The van der Waals surface area contributed by atoms with Crippen molar-refractivity contribution >= 4 is 17.0 Å². The van der Waals surface area contributed by atoms with Crippen LogP contribution in [-0.4, -0.2) is 156 Å². The van der Waals surface area contributed by atoms with E-state index in [0.29, 0.717) is 37.0 Å². The van der Waals surface area contributed by atoms with E-state index >= 15 is 0 Å². The number of aliphatic hydroxyl groups is 6. The molecular formula is C28H49N9O11. The van der Waals surface area contributed by atoms with Gasteiger partial charge in [0.1, 0.15) is 60.6 Å². The Hall–Kier alpha value is -2.25. The maximum atomic E-state index is 11.3. The molecule has 5 rings (SSSR count). The Bertz CT molecular complexity index is 1330. The predicted octanol–water partition coefficient (Wildman–Crippen LogP) is -5.15. The van der Waals surface area contributed by atoms with Crippen molar-refractivity contribution in [2.45, 2.75) is 117 Å². The average molecular weight is 688 g/mol. The van der Waals surface area contributed by atoms with E-state index in [9.17, 15) is 30.6 Å². The number of rotatable bonds is 14. The molecule has 4 heterocycles. The molecule has 0 amide bonds. The van der Waals surface area contributed by atoms with E-state index in [2.05, 4.69) is 15.0 Å². The van der Waals surface area contributed by atoms with Crippen molar-refractivity contribution in [1.29, 1.82) is 0 Å². The van der Waals surface area contributed by atoms with Crippen molar-refractivity contribution in [3.63, 3.8) is 0 Å². The Labute approximate surface area is 276 Å². The third kappa shape index (κ3) is 7.43. The lowest BCUT2D eigenvalue weighted by Gasteiger charge is -2.50. The highest BCUT2D eigenvalue weighted by Gasteiger charge is 2.57. The monoisotopic (exact) mass is 687 g/mol. The second kappa shape index (κ2) is 15.7. The zero-order chi connectivity index (χ0) is 34.7. The minimum Gasteiger partial charge on any atom is -0.389 e. The number of aliphatic hydroxyl groups excluding tert-OH is 5. The molecule has 20 heteroatoms. The second-order valence-electron chi connectivity index (χ2n) is 12.6. The Morgan fingerprint density at radius 1 is 0.875 bits per heavy atom. The molecule has 0 radical (unpaired) electrons. The highest BCUT2D eigenvalue weighted by Crippen LogP contribution is 2.34. The van der Waals surface area contributed by atoms with Crippen molar-refractivity contribution in [2.24, 2.45) is 22.9 Å². The van der Waals surface area contributed by atoms with Crippen molar-refractivity contribution in [3.8, 4) is 0 Å². The van der Waals surface area contributed by atoms with Crippen LogP contribution in [0.5, 0.6) is 0 Å². The number of aromatic nitrogens is 4. The fraction of sp³-hybridized carbons (Fsp3) is 0.821. The smallest absolute Gasteiger partial charge is 0.215 e. The van der Waals surface area contributed by atoms with Gasteiger partial charge in [0.05, 0.1) is 25.6 Å². The minimum atomic E-state index is -2.29. The van der Waals surface area contributed by atoms with Gasteiger partial charge in [0.15, 0.2) is 24.0 Å². The van der Waals surface area contributed by atoms with Gasteiger partial charge < -0.3 is 83.0 Å². The summed E-state index contributed by atoms with van der Waals surface area (Å²) in [5.41, 5.74) is 30.5. The van der Waals surface area contributed by atoms with Gasteiger partial charge in [-0.05, 0) is 19.3 Å². The summed E-state index contributed by atoms with van der Waals surface area (Å²) in [4.78, 5) is 12.2. The van der Waals surface area contributed by atoms with Gasteiger partial charge in [0.2, 0.25) is 5.79 Å². The van der Waals surface area contributed by atoms with Gasteiger partial charge in [-0.3, -0.25) is 4.57 Å². The molecule has 0 bridgehead atoms. The van der Waals surface area contributed by atoms with E-state index < -0.39 is 85.3 Å². The zero-order valence-electron chi connectivity index (χ0n) is 26.4. The number of nitrogens with zero attached hydrogens (tertiary/aromatic N) is 4. The van der Waals surface area contributed by atoms with Crippen LogP contribution < -0.4 is 28.7 Å². The number of imidazole rings is 1. The van der Waals surface area contributed by atoms with Crippen LogP contribution in [0.1, 0.15) is 38.3 Å². The molecule has 2 aromatic heterocycles. The molecule has 14 atom stereocenters. The zero-order valence-corrected chi connectivity index (χ0v) is 26.4. The summed E-state index contributed by atoms with van der Waals surface area (Å²) in [5, 5.41) is 63.9. The van der Waals surface area contributed by atoms with Crippen molar-refractivity contribution in [2.75, 3.05) is 32.1 Å². The number of nitrogens with two attached hydrogens (primary N) is 5. The first-order chi connectivity index (χ1) is 22.9. The fourth-order valence-corrected chi connectivity index (χ4v) is 6.35. The Morgan fingerprint density at radius 2 is 1.60 bits per heavy atom. The van der Waals surface area contributed by atoms with Gasteiger partial charge in [0.25, 0.3) is 0 Å². The third-order valence-electron chi connectivity index (χ3n) is 9.27. The molecule has 2 saturated heterocycles. The van der Waals surface area contributed by atoms with E-state index in [1.54, 1.807) is 0 Å². The highest BCUT2D eigenvalue weighted by molar-refractivity contribution is 5.81. The van der Waals surface area contributed by atoms with Gasteiger partial charge in [0, 0.05) is 25.2 Å². The van der Waals surface area contributed by atoms with Crippen LogP contribution in [0.25, 0.3) is 11.2 Å². The largest absolute Gasteiger partial charge is 0.389 e. The number of hydrogen-bond acceptors (Lipinski definition) is 19. The first kappa shape index (κ1) is 37.0. The Kier molecular flexibility index (Phi) is 12.1. The van der Waals surface area contributed by atoms with Crippen molar-refractivity contribution in [1.82, 2.24) is 19.5 Å². The molecule has 2 aromatic rings. The lowest BCUT2D eigenvalue weighted by molar-refractivity contribution is -0.371. The van der Waals surface area contributed by atoms with E-state index in [-0.39, 0.29) is 32.0 Å². The van der Waals surface area contributed by atoms with Crippen LogP contribution in [-0.2, 0) is 23.7 Å². The van der Waals surface area contributed by atoms with Gasteiger partial charge in [-0.2, -0.15) is 0 Å². The molecule has 2 aliphatic heterocycles. The molecule has 1 aliphatic carbocycles. The standard InChI is InChI=1S/C28H49N9O11/c29-8-14-23(42)28(43,22(32)27(47-14)48-21-13(31)7-12(30)17(38)19(21)40)45-6-4-2-1-3-5-44-9-15-18(39)20(41)26(46-15)37-11-36-16-24(33)34-10-35-25(16)37/h10-15,17-23,26-27,38-43H,1-9,29-32H2,(H2,33,34,35)/t12-,13+,14+,15+,17+,18+,19-,20+,21-,22-,23+,26+,27+,28-/m0/s1. The summed E-state index contributed by atoms with van der Waals surface area (Å²) < 4.78 is 30.3. The predicted molar refractivity (Wildman–Crippen MR) is 165 cm³/mol. The Morgan fingerprint density at radius 3 is 2.33 bits per heavy atom. The first-order valence-electron chi connectivity index (χ1n) is 16.1. The maximum Gasteiger partial charge on any atom is 0.215 e. The van der Waals surface area contributed by atoms with Crippen LogP contribution in [0.3, 0.4) is 0 Å².